The van der Waals surface area contributed by atoms with Crippen molar-refractivity contribution in [2.75, 3.05) is 0 Å². The largest absolute Gasteiger partial charge is 0.299 e. The molecule has 0 atom stereocenters. The standard InChI is InChI=1S/C47H86O3/c1-3-5-7-9-11-13-15-17-19-21-23-25-27-29-31-33-35-37-39-41-45(48)43-47(50)44-46(49)42-40-38-36-34-32-30-28-26-24-22-20-18-16-14-12-10-8-6-4-2/h17-20H,3-16,21-44H2,1-2H3. The topological polar surface area (TPSA) is 51.2 Å². The summed E-state index contributed by atoms with van der Waals surface area (Å²) in [7, 11) is 0. The zero-order valence-electron chi connectivity index (χ0n) is 33.9. The summed E-state index contributed by atoms with van der Waals surface area (Å²) >= 11 is 0. The molecule has 0 aliphatic rings. The Hall–Kier alpha value is -1.51. The molecule has 0 amide bonds. The Morgan fingerprint density at radius 1 is 0.280 bits per heavy atom. The molecule has 292 valence electrons. The molecule has 0 aromatic heterocycles. The molecule has 0 N–H and O–H groups in total. The summed E-state index contributed by atoms with van der Waals surface area (Å²) in [5.41, 5.74) is 0. The maximum absolute atomic E-state index is 12.2. The van der Waals surface area contributed by atoms with Gasteiger partial charge >= 0.3 is 0 Å². The van der Waals surface area contributed by atoms with Crippen molar-refractivity contribution in [3.05, 3.63) is 24.3 Å². The van der Waals surface area contributed by atoms with E-state index in [0.29, 0.717) is 12.8 Å². The molecule has 0 rings (SSSR count). The first-order valence-electron chi connectivity index (χ1n) is 22.4. The fourth-order valence-electron chi connectivity index (χ4n) is 6.88. The number of Topliss-reactive ketones (excluding diaryl/α,β-unsaturated/α-hetero) is 3. The van der Waals surface area contributed by atoms with Crippen LogP contribution in [0.1, 0.15) is 258 Å². The average Bonchev–Trinajstić information content (AvgIpc) is 3.10. The van der Waals surface area contributed by atoms with Crippen molar-refractivity contribution in [2.24, 2.45) is 0 Å². The van der Waals surface area contributed by atoms with Crippen LogP contribution < -0.4 is 0 Å². The van der Waals surface area contributed by atoms with Crippen molar-refractivity contribution in [1.82, 2.24) is 0 Å². The first-order valence-corrected chi connectivity index (χ1v) is 22.4. The number of allylic oxidation sites excluding steroid dienone is 4. The van der Waals surface area contributed by atoms with E-state index < -0.39 is 0 Å². The minimum atomic E-state index is -0.179. The van der Waals surface area contributed by atoms with Gasteiger partial charge in [0.25, 0.3) is 0 Å². The van der Waals surface area contributed by atoms with Gasteiger partial charge in [0.2, 0.25) is 0 Å². The van der Waals surface area contributed by atoms with Crippen molar-refractivity contribution in [3.63, 3.8) is 0 Å². The van der Waals surface area contributed by atoms with E-state index in [-0.39, 0.29) is 30.2 Å². The summed E-state index contributed by atoms with van der Waals surface area (Å²) in [6, 6.07) is 0. The van der Waals surface area contributed by atoms with Crippen molar-refractivity contribution in [3.8, 4) is 0 Å². The summed E-state index contributed by atoms with van der Waals surface area (Å²) in [6.45, 7) is 4.55. The molecule has 0 unspecified atom stereocenters. The van der Waals surface area contributed by atoms with Gasteiger partial charge in [-0.1, -0.05) is 192 Å². The van der Waals surface area contributed by atoms with Crippen LogP contribution in [0.4, 0.5) is 0 Å². The minimum Gasteiger partial charge on any atom is -0.299 e. The van der Waals surface area contributed by atoms with Gasteiger partial charge in [0.15, 0.2) is 0 Å². The maximum Gasteiger partial charge on any atom is 0.147 e. The third-order valence-electron chi connectivity index (χ3n) is 10.2. The molecule has 0 bridgehead atoms. The molecule has 0 saturated carbocycles. The molecule has 0 heterocycles. The van der Waals surface area contributed by atoms with Gasteiger partial charge in [0.05, 0.1) is 12.8 Å². The molecule has 0 aliphatic heterocycles. The van der Waals surface area contributed by atoms with E-state index in [2.05, 4.69) is 38.2 Å². The smallest absolute Gasteiger partial charge is 0.147 e. The lowest BCUT2D eigenvalue weighted by Gasteiger charge is -2.04. The van der Waals surface area contributed by atoms with E-state index in [1.165, 1.54) is 193 Å². The van der Waals surface area contributed by atoms with Crippen molar-refractivity contribution >= 4 is 17.3 Å². The molecule has 3 nitrogen and oxygen atoms in total. The molecule has 0 aromatic rings. The van der Waals surface area contributed by atoms with Gasteiger partial charge in [-0.3, -0.25) is 14.4 Å². The highest BCUT2D eigenvalue weighted by Gasteiger charge is 2.13. The Morgan fingerprint density at radius 3 is 0.760 bits per heavy atom. The van der Waals surface area contributed by atoms with Gasteiger partial charge in [-0.15, -0.1) is 0 Å². The normalized spacial score (nSPS) is 11.7. The zero-order chi connectivity index (χ0) is 36.4. The number of carbonyl (C=O) groups excluding carboxylic acids is 3. The van der Waals surface area contributed by atoms with Crippen LogP contribution >= 0.6 is 0 Å². The van der Waals surface area contributed by atoms with Crippen molar-refractivity contribution in [2.45, 2.75) is 258 Å². The molecular formula is C47H86O3. The Balaban J connectivity index is 3.42. The molecule has 50 heavy (non-hydrogen) atoms. The van der Waals surface area contributed by atoms with Crippen molar-refractivity contribution in [1.29, 1.82) is 0 Å². The summed E-state index contributed by atoms with van der Waals surface area (Å²) in [6.07, 6.45) is 53.9. The Labute approximate surface area is 313 Å². The van der Waals surface area contributed by atoms with E-state index in [9.17, 15) is 14.4 Å². The molecule has 0 saturated heterocycles. The number of carbonyl (C=O) groups is 3. The van der Waals surface area contributed by atoms with E-state index in [4.69, 9.17) is 0 Å². The van der Waals surface area contributed by atoms with Crippen LogP contribution in [0.25, 0.3) is 0 Å². The number of hydrogen-bond donors (Lipinski definition) is 0. The van der Waals surface area contributed by atoms with Crippen LogP contribution in [0.2, 0.25) is 0 Å². The number of unbranched alkanes of at least 4 members (excludes halogenated alkanes) is 30. The number of hydrogen-bond acceptors (Lipinski definition) is 3. The fraction of sp³-hybridized carbons (Fsp3) is 0.851. The van der Waals surface area contributed by atoms with E-state index in [0.717, 1.165) is 25.7 Å². The van der Waals surface area contributed by atoms with Gasteiger partial charge in [-0.05, 0) is 64.2 Å². The van der Waals surface area contributed by atoms with Gasteiger partial charge in [0, 0.05) is 12.8 Å². The van der Waals surface area contributed by atoms with Crippen LogP contribution in [-0.4, -0.2) is 17.3 Å². The summed E-state index contributed by atoms with van der Waals surface area (Å²) in [5, 5.41) is 0. The van der Waals surface area contributed by atoms with Gasteiger partial charge in [0.1, 0.15) is 17.3 Å². The van der Waals surface area contributed by atoms with Crippen LogP contribution in [0.3, 0.4) is 0 Å². The fourth-order valence-corrected chi connectivity index (χ4v) is 6.88. The minimum absolute atomic E-state index is 0.0174. The highest BCUT2D eigenvalue weighted by atomic mass is 16.2. The van der Waals surface area contributed by atoms with Gasteiger partial charge < -0.3 is 0 Å². The first-order chi connectivity index (χ1) is 24.6. The van der Waals surface area contributed by atoms with Crippen LogP contribution in [0.15, 0.2) is 24.3 Å². The van der Waals surface area contributed by atoms with Crippen molar-refractivity contribution < 1.29 is 14.4 Å². The lowest BCUT2D eigenvalue weighted by molar-refractivity contribution is -0.130. The third kappa shape index (κ3) is 40.9. The second-order valence-corrected chi connectivity index (χ2v) is 15.5. The lowest BCUT2D eigenvalue weighted by Crippen LogP contribution is -2.12. The summed E-state index contributed by atoms with van der Waals surface area (Å²) in [4.78, 5) is 36.7. The second-order valence-electron chi connectivity index (χ2n) is 15.5. The molecule has 0 radical (unpaired) electrons. The Bertz CT molecular complexity index is 730. The summed E-state index contributed by atoms with van der Waals surface area (Å²) in [5.74, 6) is -0.144. The van der Waals surface area contributed by atoms with Crippen LogP contribution in [0, 0.1) is 0 Å². The highest BCUT2D eigenvalue weighted by molar-refractivity contribution is 6.07. The van der Waals surface area contributed by atoms with E-state index >= 15 is 0 Å². The quantitative estimate of drug-likeness (QED) is 0.0362. The molecule has 0 aliphatic carbocycles. The number of ketones is 3. The Morgan fingerprint density at radius 2 is 0.500 bits per heavy atom. The molecule has 0 aromatic carbocycles. The highest BCUT2D eigenvalue weighted by Crippen LogP contribution is 2.15. The monoisotopic (exact) mass is 699 g/mol. The first kappa shape index (κ1) is 48.5. The maximum atomic E-state index is 12.2. The average molecular weight is 699 g/mol. The molecule has 0 fully saturated rings. The third-order valence-corrected chi connectivity index (χ3v) is 10.2. The number of rotatable bonds is 42. The second kappa shape index (κ2) is 41.9. The Kier molecular flexibility index (Phi) is 40.6. The molecule has 3 heteroatoms. The van der Waals surface area contributed by atoms with Crippen LogP contribution in [-0.2, 0) is 14.4 Å². The van der Waals surface area contributed by atoms with Gasteiger partial charge in [-0.25, -0.2) is 0 Å². The lowest BCUT2D eigenvalue weighted by atomic mass is 10.0. The van der Waals surface area contributed by atoms with Gasteiger partial charge in [-0.2, -0.15) is 0 Å². The molecule has 0 spiro atoms. The van der Waals surface area contributed by atoms with Crippen LogP contribution in [0.5, 0.6) is 0 Å². The van der Waals surface area contributed by atoms with E-state index in [1.807, 2.05) is 0 Å². The van der Waals surface area contributed by atoms with E-state index in [1.54, 1.807) is 0 Å². The SMILES string of the molecule is CCCCCCCCC=CCCCCCCCCCCCC(=O)CC(=O)CC(=O)CCCCCCCCCCCC=CCCCCCCCC. The predicted octanol–water partition coefficient (Wildman–Crippen LogP) is 15.7. The molecular weight excluding hydrogens is 613 g/mol. The summed E-state index contributed by atoms with van der Waals surface area (Å²) < 4.78 is 0. The zero-order valence-corrected chi connectivity index (χ0v) is 33.9. The predicted molar refractivity (Wildman–Crippen MR) is 220 cm³/mol.